The van der Waals surface area contributed by atoms with Crippen LogP contribution in [0.2, 0.25) is 10.0 Å². The Morgan fingerprint density at radius 3 is 2.60 bits per heavy atom. The first-order chi connectivity index (χ1) is 9.54. The van der Waals surface area contributed by atoms with Crippen LogP contribution < -0.4 is 10.6 Å². The SMILES string of the molecule is CC(=O)Nc1ccc(NCc2cccc(Cl)c2)cc1Cl. The van der Waals surface area contributed by atoms with E-state index in [2.05, 4.69) is 10.6 Å². The number of hydrogen-bond acceptors (Lipinski definition) is 2. The van der Waals surface area contributed by atoms with Crippen LogP contribution in [0.1, 0.15) is 12.5 Å². The molecule has 0 bridgehead atoms. The van der Waals surface area contributed by atoms with Gasteiger partial charge in [-0.15, -0.1) is 0 Å². The second-order valence-electron chi connectivity index (χ2n) is 4.36. The van der Waals surface area contributed by atoms with E-state index in [1.54, 1.807) is 12.1 Å². The number of hydrogen-bond donors (Lipinski definition) is 2. The molecule has 0 spiro atoms. The molecule has 0 aliphatic heterocycles. The molecule has 2 rings (SSSR count). The Kier molecular flexibility index (Phi) is 4.88. The number of halogens is 2. The first-order valence-corrected chi connectivity index (χ1v) is 6.85. The Hall–Kier alpha value is -1.71. The summed E-state index contributed by atoms with van der Waals surface area (Å²) in [7, 11) is 0. The van der Waals surface area contributed by atoms with Crippen molar-refractivity contribution in [2.45, 2.75) is 13.5 Å². The summed E-state index contributed by atoms with van der Waals surface area (Å²) in [5.74, 6) is -0.147. The Morgan fingerprint density at radius 2 is 1.95 bits per heavy atom. The van der Waals surface area contributed by atoms with Crippen LogP contribution in [-0.2, 0) is 11.3 Å². The molecule has 3 nitrogen and oxygen atoms in total. The van der Waals surface area contributed by atoms with E-state index in [1.807, 2.05) is 30.3 Å². The number of carbonyl (C=O) groups is 1. The highest BCUT2D eigenvalue weighted by molar-refractivity contribution is 6.34. The Bertz CT molecular complexity index is 629. The Labute approximate surface area is 127 Å². The normalized spacial score (nSPS) is 10.2. The van der Waals surface area contributed by atoms with Crippen LogP contribution in [0.25, 0.3) is 0 Å². The number of amides is 1. The number of carbonyl (C=O) groups excluding carboxylic acids is 1. The average Bonchev–Trinajstić information content (AvgIpc) is 2.39. The van der Waals surface area contributed by atoms with E-state index >= 15 is 0 Å². The van der Waals surface area contributed by atoms with Gasteiger partial charge in [-0.05, 0) is 35.9 Å². The molecule has 0 saturated carbocycles. The van der Waals surface area contributed by atoms with Crippen LogP contribution in [-0.4, -0.2) is 5.91 Å². The molecule has 0 aliphatic rings. The molecule has 0 radical (unpaired) electrons. The zero-order chi connectivity index (χ0) is 14.5. The summed E-state index contributed by atoms with van der Waals surface area (Å²) < 4.78 is 0. The predicted octanol–water partition coefficient (Wildman–Crippen LogP) is 4.56. The first-order valence-electron chi connectivity index (χ1n) is 6.10. The van der Waals surface area contributed by atoms with E-state index in [-0.39, 0.29) is 5.91 Å². The lowest BCUT2D eigenvalue weighted by Crippen LogP contribution is -2.06. The standard InChI is InChI=1S/C15H14Cl2N2O/c1-10(20)19-15-6-5-13(8-14(15)17)18-9-11-3-2-4-12(16)7-11/h2-8,18H,9H2,1H3,(H,19,20). The fraction of sp³-hybridized carbons (Fsp3) is 0.133. The molecule has 2 N–H and O–H groups in total. The molecule has 0 aromatic heterocycles. The van der Waals surface area contributed by atoms with Gasteiger partial charge in [0.25, 0.3) is 0 Å². The van der Waals surface area contributed by atoms with E-state index in [4.69, 9.17) is 23.2 Å². The van der Waals surface area contributed by atoms with Crippen LogP contribution in [0.4, 0.5) is 11.4 Å². The third-order valence-corrected chi connectivity index (χ3v) is 3.21. The topological polar surface area (TPSA) is 41.1 Å². The van der Waals surface area contributed by atoms with Gasteiger partial charge in [-0.25, -0.2) is 0 Å². The molecule has 0 aliphatic carbocycles. The molecule has 2 aromatic carbocycles. The van der Waals surface area contributed by atoms with Crippen LogP contribution in [0, 0.1) is 0 Å². The fourth-order valence-corrected chi connectivity index (χ4v) is 2.21. The zero-order valence-electron chi connectivity index (χ0n) is 10.9. The van der Waals surface area contributed by atoms with Gasteiger partial charge < -0.3 is 10.6 Å². The van der Waals surface area contributed by atoms with Crippen molar-refractivity contribution in [2.75, 3.05) is 10.6 Å². The van der Waals surface area contributed by atoms with Gasteiger partial charge in [0.15, 0.2) is 0 Å². The van der Waals surface area contributed by atoms with Crippen molar-refractivity contribution in [2.24, 2.45) is 0 Å². The molecular formula is C15H14Cl2N2O. The second kappa shape index (κ2) is 6.64. The maximum absolute atomic E-state index is 11.0. The van der Waals surface area contributed by atoms with Crippen molar-refractivity contribution in [3.8, 4) is 0 Å². The summed E-state index contributed by atoms with van der Waals surface area (Å²) >= 11 is 12.0. The van der Waals surface area contributed by atoms with Crippen LogP contribution in [0.15, 0.2) is 42.5 Å². The molecular weight excluding hydrogens is 295 g/mol. The summed E-state index contributed by atoms with van der Waals surface area (Å²) in [6.45, 7) is 2.10. The lowest BCUT2D eigenvalue weighted by atomic mass is 10.2. The van der Waals surface area contributed by atoms with E-state index in [9.17, 15) is 4.79 Å². The van der Waals surface area contributed by atoms with Gasteiger partial charge in [0.05, 0.1) is 10.7 Å². The minimum absolute atomic E-state index is 0.147. The summed E-state index contributed by atoms with van der Waals surface area (Å²) in [5, 5.41) is 7.13. The van der Waals surface area contributed by atoms with Gasteiger partial charge in [-0.1, -0.05) is 35.3 Å². The summed E-state index contributed by atoms with van der Waals surface area (Å²) in [6, 6.07) is 13.0. The van der Waals surface area contributed by atoms with Crippen LogP contribution in [0.5, 0.6) is 0 Å². The van der Waals surface area contributed by atoms with Crippen molar-refractivity contribution in [3.05, 3.63) is 58.1 Å². The molecule has 5 heteroatoms. The van der Waals surface area contributed by atoms with Gasteiger partial charge in [0.2, 0.25) is 5.91 Å². The van der Waals surface area contributed by atoms with Crippen molar-refractivity contribution < 1.29 is 4.79 Å². The van der Waals surface area contributed by atoms with Gasteiger partial charge in [-0.3, -0.25) is 4.79 Å². The predicted molar refractivity (Wildman–Crippen MR) is 84.5 cm³/mol. The van der Waals surface area contributed by atoms with E-state index in [0.29, 0.717) is 22.3 Å². The summed E-state index contributed by atoms with van der Waals surface area (Å²) in [6.07, 6.45) is 0. The molecule has 104 valence electrons. The number of rotatable bonds is 4. The summed E-state index contributed by atoms with van der Waals surface area (Å²) in [4.78, 5) is 11.0. The van der Waals surface area contributed by atoms with Gasteiger partial charge in [-0.2, -0.15) is 0 Å². The second-order valence-corrected chi connectivity index (χ2v) is 5.20. The lowest BCUT2D eigenvalue weighted by molar-refractivity contribution is -0.114. The maximum atomic E-state index is 11.0. The average molecular weight is 309 g/mol. The smallest absolute Gasteiger partial charge is 0.221 e. The molecule has 1 amide bonds. The molecule has 2 aromatic rings. The largest absolute Gasteiger partial charge is 0.381 e. The lowest BCUT2D eigenvalue weighted by Gasteiger charge is -2.10. The minimum Gasteiger partial charge on any atom is -0.381 e. The third kappa shape index (κ3) is 4.15. The number of benzene rings is 2. The number of anilines is 2. The monoisotopic (exact) mass is 308 g/mol. The number of nitrogens with one attached hydrogen (secondary N) is 2. The van der Waals surface area contributed by atoms with Crippen molar-refractivity contribution >= 4 is 40.5 Å². The zero-order valence-corrected chi connectivity index (χ0v) is 12.4. The molecule has 0 atom stereocenters. The highest BCUT2D eigenvalue weighted by atomic mass is 35.5. The van der Waals surface area contributed by atoms with E-state index in [0.717, 1.165) is 11.3 Å². The van der Waals surface area contributed by atoms with E-state index < -0.39 is 0 Å². The molecule has 20 heavy (non-hydrogen) atoms. The quantitative estimate of drug-likeness (QED) is 0.869. The van der Waals surface area contributed by atoms with E-state index in [1.165, 1.54) is 6.92 Å². The van der Waals surface area contributed by atoms with Crippen molar-refractivity contribution in [1.29, 1.82) is 0 Å². The molecule has 0 heterocycles. The van der Waals surface area contributed by atoms with Crippen LogP contribution in [0.3, 0.4) is 0 Å². The Morgan fingerprint density at radius 1 is 1.15 bits per heavy atom. The molecule has 0 fully saturated rings. The van der Waals surface area contributed by atoms with Crippen molar-refractivity contribution in [3.63, 3.8) is 0 Å². The van der Waals surface area contributed by atoms with Crippen LogP contribution >= 0.6 is 23.2 Å². The highest BCUT2D eigenvalue weighted by Gasteiger charge is 2.03. The minimum atomic E-state index is -0.147. The summed E-state index contributed by atoms with van der Waals surface area (Å²) in [5.41, 5.74) is 2.57. The van der Waals surface area contributed by atoms with Crippen molar-refractivity contribution in [1.82, 2.24) is 0 Å². The molecule has 0 unspecified atom stereocenters. The van der Waals surface area contributed by atoms with Gasteiger partial charge in [0, 0.05) is 24.2 Å². The molecule has 0 saturated heterocycles. The first kappa shape index (κ1) is 14.7. The third-order valence-electron chi connectivity index (χ3n) is 2.67. The highest BCUT2D eigenvalue weighted by Crippen LogP contribution is 2.25. The Balaban J connectivity index is 2.03. The van der Waals surface area contributed by atoms with Gasteiger partial charge in [0.1, 0.15) is 0 Å². The maximum Gasteiger partial charge on any atom is 0.221 e. The fourth-order valence-electron chi connectivity index (χ4n) is 1.77. The van der Waals surface area contributed by atoms with Gasteiger partial charge >= 0.3 is 0 Å².